The number of carbonyl (C=O) groups excluding carboxylic acids is 1. The van der Waals surface area contributed by atoms with Crippen molar-refractivity contribution in [2.45, 2.75) is 70.1 Å². The molecule has 0 unspecified atom stereocenters. The summed E-state index contributed by atoms with van der Waals surface area (Å²) in [6, 6.07) is 5.81. The minimum absolute atomic E-state index is 0.0959. The van der Waals surface area contributed by atoms with Crippen LogP contribution in [-0.4, -0.2) is 48.3 Å². The number of fused-ring (bicyclic) bond motifs is 1. The Morgan fingerprint density at radius 2 is 1.74 bits per heavy atom. The third kappa shape index (κ3) is 5.25. The van der Waals surface area contributed by atoms with Crippen LogP contribution in [0.2, 0.25) is 0 Å². The minimum atomic E-state index is -4.12. The number of aliphatic hydroxyl groups is 1. The number of anilines is 1. The zero-order valence-corrected chi connectivity index (χ0v) is 18.0. The average molecular weight is 439 g/mol. The maximum atomic E-state index is 13.1. The highest BCUT2D eigenvalue weighted by atomic mass is 19.4. The molecule has 1 N–H and O–H groups in total. The normalized spacial score (nSPS) is 22.9. The molecule has 1 atom stereocenters. The summed E-state index contributed by atoms with van der Waals surface area (Å²) in [5.41, 5.74) is 2.83. The van der Waals surface area contributed by atoms with Crippen molar-refractivity contribution in [1.29, 1.82) is 0 Å². The molecule has 1 amide bonds. The van der Waals surface area contributed by atoms with E-state index < -0.39 is 18.2 Å². The molecular weight excluding hydrogens is 405 g/mol. The lowest BCUT2D eigenvalue weighted by Crippen LogP contribution is -2.41. The highest BCUT2D eigenvalue weighted by Crippen LogP contribution is 2.36. The second kappa shape index (κ2) is 9.49. The SMILES string of the molecule is O=C(C1CCCCC1)N1CCCc2cc([C@H](O)CN3CCC(C(F)(F)F)CC3)ccc21. The molecule has 0 bridgehead atoms. The summed E-state index contributed by atoms with van der Waals surface area (Å²) in [6.07, 6.45) is 2.55. The van der Waals surface area contributed by atoms with Crippen LogP contribution in [0, 0.1) is 11.8 Å². The van der Waals surface area contributed by atoms with Crippen molar-refractivity contribution in [1.82, 2.24) is 4.90 Å². The Bertz CT molecular complexity index is 769. The number of nitrogens with zero attached hydrogens (tertiary/aromatic N) is 2. The molecule has 2 aliphatic heterocycles. The molecule has 1 aliphatic carbocycles. The lowest BCUT2D eigenvalue weighted by molar-refractivity contribution is -0.185. The third-order valence-electron chi connectivity index (χ3n) is 7.31. The van der Waals surface area contributed by atoms with Crippen molar-refractivity contribution >= 4 is 11.6 Å². The Kier molecular flexibility index (Phi) is 6.92. The van der Waals surface area contributed by atoms with Crippen LogP contribution >= 0.6 is 0 Å². The number of β-amino-alcohol motifs (C(OH)–C–C–N with tert-alkyl or cyclic N) is 1. The fraction of sp³-hybridized carbons (Fsp3) is 0.708. The van der Waals surface area contributed by atoms with Gasteiger partial charge < -0.3 is 14.9 Å². The van der Waals surface area contributed by atoms with Crippen LogP contribution < -0.4 is 4.90 Å². The Balaban J connectivity index is 1.39. The van der Waals surface area contributed by atoms with Gasteiger partial charge >= 0.3 is 6.18 Å². The van der Waals surface area contributed by atoms with E-state index in [1.54, 1.807) is 0 Å². The number of hydrogen-bond acceptors (Lipinski definition) is 3. The first-order valence-electron chi connectivity index (χ1n) is 11.7. The molecular formula is C24H33F3N2O2. The summed E-state index contributed by atoms with van der Waals surface area (Å²) in [5, 5.41) is 10.7. The van der Waals surface area contributed by atoms with Crippen LogP contribution in [0.3, 0.4) is 0 Å². The summed E-state index contributed by atoms with van der Waals surface area (Å²) in [5.74, 6) is -0.858. The number of benzene rings is 1. The molecule has 7 heteroatoms. The molecule has 172 valence electrons. The predicted octanol–water partition coefficient (Wildman–Crippen LogP) is 4.85. The van der Waals surface area contributed by atoms with Gasteiger partial charge in [-0.15, -0.1) is 0 Å². The highest BCUT2D eigenvalue weighted by Gasteiger charge is 2.41. The maximum absolute atomic E-state index is 13.1. The van der Waals surface area contributed by atoms with E-state index >= 15 is 0 Å². The summed E-state index contributed by atoms with van der Waals surface area (Å²) in [4.78, 5) is 16.9. The Hall–Kier alpha value is -1.60. The zero-order chi connectivity index (χ0) is 22.0. The predicted molar refractivity (Wildman–Crippen MR) is 114 cm³/mol. The van der Waals surface area contributed by atoms with Crippen molar-refractivity contribution in [2.75, 3.05) is 31.1 Å². The van der Waals surface area contributed by atoms with Crippen molar-refractivity contribution in [3.63, 3.8) is 0 Å². The molecule has 1 saturated carbocycles. The molecule has 0 aromatic heterocycles. The summed E-state index contributed by atoms with van der Waals surface area (Å²) >= 11 is 0. The van der Waals surface area contributed by atoms with Gasteiger partial charge in [0.2, 0.25) is 5.91 Å². The fourth-order valence-corrected chi connectivity index (χ4v) is 5.42. The summed E-state index contributed by atoms with van der Waals surface area (Å²) < 4.78 is 38.6. The molecule has 0 spiro atoms. The van der Waals surface area contributed by atoms with Crippen molar-refractivity contribution in [3.8, 4) is 0 Å². The van der Waals surface area contributed by atoms with E-state index in [0.29, 0.717) is 19.6 Å². The highest BCUT2D eigenvalue weighted by molar-refractivity contribution is 5.96. The van der Waals surface area contributed by atoms with E-state index in [1.165, 1.54) is 6.42 Å². The van der Waals surface area contributed by atoms with Gasteiger partial charge in [0.05, 0.1) is 12.0 Å². The van der Waals surface area contributed by atoms with E-state index in [-0.39, 0.29) is 24.7 Å². The van der Waals surface area contributed by atoms with Gasteiger partial charge in [-0.3, -0.25) is 4.79 Å². The van der Waals surface area contributed by atoms with Crippen LogP contribution in [0.5, 0.6) is 0 Å². The molecule has 0 radical (unpaired) electrons. The largest absolute Gasteiger partial charge is 0.391 e. The summed E-state index contributed by atoms with van der Waals surface area (Å²) in [7, 11) is 0. The zero-order valence-electron chi connectivity index (χ0n) is 18.0. The van der Waals surface area contributed by atoms with Crippen LogP contribution in [0.4, 0.5) is 18.9 Å². The van der Waals surface area contributed by atoms with Gasteiger partial charge in [-0.05, 0) is 68.8 Å². The van der Waals surface area contributed by atoms with Crippen molar-refractivity contribution in [3.05, 3.63) is 29.3 Å². The number of halogens is 3. The topological polar surface area (TPSA) is 43.8 Å². The van der Waals surface area contributed by atoms with E-state index in [1.807, 2.05) is 28.0 Å². The van der Waals surface area contributed by atoms with Gasteiger partial charge in [0.25, 0.3) is 0 Å². The Morgan fingerprint density at radius 3 is 2.42 bits per heavy atom. The van der Waals surface area contributed by atoms with Crippen LogP contribution in [-0.2, 0) is 11.2 Å². The second-order valence-corrected chi connectivity index (χ2v) is 9.45. The number of aliphatic hydroxyl groups excluding tert-OH is 1. The molecule has 4 nitrogen and oxygen atoms in total. The second-order valence-electron chi connectivity index (χ2n) is 9.45. The lowest BCUT2D eigenvalue weighted by Gasteiger charge is -2.35. The quantitative estimate of drug-likeness (QED) is 0.731. The monoisotopic (exact) mass is 438 g/mol. The number of amides is 1. The molecule has 1 saturated heterocycles. The number of hydrogen-bond donors (Lipinski definition) is 1. The van der Waals surface area contributed by atoms with E-state index in [4.69, 9.17) is 0 Å². The van der Waals surface area contributed by atoms with Gasteiger partial charge in [-0.25, -0.2) is 0 Å². The van der Waals surface area contributed by atoms with Crippen LogP contribution in [0.25, 0.3) is 0 Å². The number of aryl methyl sites for hydroxylation is 1. The first-order valence-corrected chi connectivity index (χ1v) is 11.7. The Morgan fingerprint density at radius 1 is 1.03 bits per heavy atom. The van der Waals surface area contributed by atoms with E-state index in [0.717, 1.165) is 61.9 Å². The molecule has 31 heavy (non-hydrogen) atoms. The fourth-order valence-electron chi connectivity index (χ4n) is 5.42. The summed E-state index contributed by atoms with van der Waals surface area (Å²) in [6.45, 7) is 1.80. The first kappa shape index (κ1) is 22.6. The van der Waals surface area contributed by atoms with Crippen molar-refractivity contribution < 1.29 is 23.1 Å². The number of piperidine rings is 1. The van der Waals surface area contributed by atoms with Gasteiger partial charge in [0.15, 0.2) is 0 Å². The van der Waals surface area contributed by atoms with Crippen LogP contribution in [0.1, 0.15) is 68.6 Å². The Labute approximate surface area is 182 Å². The van der Waals surface area contributed by atoms with E-state index in [9.17, 15) is 23.1 Å². The van der Waals surface area contributed by atoms with Gasteiger partial charge in [0, 0.05) is 24.7 Å². The van der Waals surface area contributed by atoms with E-state index in [2.05, 4.69) is 0 Å². The standard InChI is InChI=1S/C24H33F3N2O2/c25-24(26,27)20-10-13-28(14-11-20)16-22(30)19-8-9-21-18(15-19)7-4-12-29(21)23(31)17-5-2-1-3-6-17/h8-9,15,17,20,22,30H,1-7,10-14,16H2/t22-/m1/s1. The smallest absolute Gasteiger partial charge is 0.387 e. The minimum Gasteiger partial charge on any atom is -0.387 e. The molecule has 1 aromatic rings. The molecule has 2 heterocycles. The molecule has 4 rings (SSSR count). The van der Waals surface area contributed by atoms with Crippen LogP contribution in [0.15, 0.2) is 18.2 Å². The molecule has 3 aliphatic rings. The number of rotatable bonds is 4. The van der Waals surface area contributed by atoms with Crippen molar-refractivity contribution in [2.24, 2.45) is 11.8 Å². The molecule has 1 aromatic carbocycles. The third-order valence-corrected chi connectivity index (χ3v) is 7.31. The number of alkyl halides is 3. The van der Waals surface area contributed by atoms with Gasteiger partial charge in [0.1, 0.15) is 0 Å². The maximum Gasteiger partial charge on any atom is 0.391 e. The lowest BCUT2D eigenvalue weighted by atomic mass is 9.87. The number of likely N-dealkylation sites (tertiary alicyclic amines) is 1. The van der Waals surface area contributed by atoms with Gasteiger partial charge in [-0.1, -0.05) is 31.4 Å². The molecule has 2 fully saturated rings. The first-order chi connectivity index (χ1) is 14.8. The number of carbonyl (C=O) groups is 1. The van der Waals surface area contributed by atoms with Gasteiger partial charge in [-0.2, -0.15) is 13.2 Å². The average Bonchev–Trinajstić information content (AvgIpc) is 2.78.